The Labute approximate surface area is 151 Å². The van der Waals surface area contributed by atoms with E-state index in [1.165, 1.54) is 0 Å². The summed E-state index contributed by atoms with van der Waals surface area (Å²) in [7, 11) is 0. The van der Waals surface area contributed by atoms with Gasteiger partial charge in [0.1, 0.15) is 11.5 Å². The Hall–Kier alpha value is -3.34. The molecule has 5 heteroatoms. The summed E-state index contributed by atoms with van der Waals surface area (Å²) >= 11 is 0. The van der Waals surface area contributed by atoms with E-state index in [9.17, 15) is 9.59 Å². The SMILES string of the molecule is O=Cc1ccccc1OCC(=O)N(Cc1ccccc1)Cc1ccco1. The molecule has 26 heavy (non-hydrogen) atoms. The fourth-order valence-electron chi connectivity index (χ4n) is 2.57. The first-order valence-electron chi connectivity index (χ1n) is 8.27. The van der Waals surface area contributed by atoms with Crippen LogP contribution in [-0.4, -0.2) is 23.7 Å². The lowest BCUT2D eigenvalue weighted by atomic mass is 10.2. The topological polar surface area (TPSA) is 59.8 Å². The second kappa shape index (κ2) is 8.67. The Morgan fingerprint density at radius 2 is 1.73 bits per heavy atom. The first kappa shape index (κ1) is 17.5. The third-order valence-electron chi connectivity index (χ3n) is 3.89. The van der Waals surface area contributed by atoms with Gasteiger partial charge >= 0.3 is 0 Å². The zero-order valence-corrected chi connectivity index (χ0v) is 14.2. The largest absolute Gasteiger partial charge is 0.483 e. The molecular formula is C21H19NO4. The van der Waals surface area contributed by atoms with Gasteiger partial charge in [-0.25, -0.2) is 0 Å². The Morgan fingerprint density at radius 1 is 0.962 bits per heavy atom. The summed E-state index contributed by atoms with van der Waals surface area (Å²) in [4.78, 5) is 25.5. The van der Waals surface area contributed by atoms with Gasteiger partial charge in [0.15, 0.2) is 12.9 Å². The highest BCUT2D eigenvalue weighted by Crippen LogP contribution is 2.16. The average molecular weight is 349 g/mol. The maximum absolute atomic E-state index is 12.7. The summed E-state index contributed by atoms with van der Waals surface area (Å²) in [6, 6.07) is 20.2. The van der Waals surface area contributed by atoms with Crippen molar-refractivity contribution >= 4 is 12.2 Å². The first-order valence-corrected chi connectivity index (χ1v) is 8.27. The number of hydrogen-bond acceptors (Lipinski definition) is 4. The van der Waals surface area contributed by atoms with Crippen LogP contribution in [0.15, 0.2) is 77.4 Å². The molecule has 1 heterocycles. The van der Waals surface area contributed by atoms with Gasteiger partial charge in [-0.3, -0.25) is 9.59 Å². The van der Waals surface area contributed by atoms with Gasteiger partial charge in [-0.2, -0.15) is 0 Å². The summed E-state index contributed by atoms with van der Waals surface area (Å²) in [5.41, 5.74) is 1.43. The van der Waals surface area contributed by atoms with Crippen molar-refractivity contribution in [3.8, 4) is 5.75 Å². The predicted octanol–water partition coefficient (Wildman–Crippen LogP) is 3.70. The lowest BCUT2D eigenvalue weighted by Crippen LogP contribution is -2.34. The molecule has 0 saturated carbocycles. The van der Waals surface area contributed by atoms with Crippen LogP contribution in [0.5, 0.6) is 5.75 Å². The second-order valence-electron chi connectivity index (χ2n) is 5.76. The van der Waals surface area contributed by atoms with Crippen molar-refractivity contribution < 1.29 is 18.7 Å². The first-order chi connectivity index (χ1) is 12.8. The number of furan rings is 1. The fraction of sp³-hybridized carbons (Fsp3) is 0.143. The van der Waals surface area contributed by atoms with Crippen molar-refractivity contribution in [2.24, 2.45) is 0 Å². The van der Waals surface area contributed by atoms with Crippen LogP contribution in [0.25, 0.3) is 0 Å². The van der Waals surface area contributed by atoms with E-state index in [-0.39, 0.29) is 12.5 Å². The van der Waals surface area contributed by atoms with E-state index in [2.05, 4.69) is 0 Å². The molecule has 0 saturated heterocycles. The van der Waals surface area contributed by atoms with E-state index in [1.54, 1.807) is 41.5 Å². The van der Waals surface area contributed by atoms with Crippen LogP contribution in [-0.2, 0) is 17.9 Å². The lowest BCUT2D eigenvalue weighted by Gasteiger charge is -2.22. The van der Waals surface area contributed by atoms with Crippen LogP contribution < -0.4 is 4.74 Å². The number of rotatable bonds is 8. The summed E-state index contributed by atoms with van der Waals surface area (Å²) in [6.07, 6.45) is 2.29. The maximum atomic E-state index is 12.7. The normalized spacial score (nSPS) is 10.3. The van der Waals surface area contributed by atoms with E-state index in [4.69, 9.17) is 9.15 Å². The number of ether oxygens (including phenoxy) is 1. The molecule has 0 aliphatic rings. The molecule has 132 valence electrons. The van der Waals surface area contributed by atoms with Crippen molar-refractivity contribution in [2.45, 2.75) is 13.1 Å². The molecule has 0 spiro atoms. The molecule has 1 amide bonds. The molecule has 0 fully saturated rings. The second-order valence-corrected chi connectivity index (χ2v) is 5.76. The number of para-hydroxylation sites is 1. The van der Waals surface area contributed by atoms with E-state index < -0.39 is 0 Å². The van der Waals surface area contributed by atoms with E-state index >= 15 is 0 Å². The summed E-state index contributed by atoms with van der Waals surface area (Å²) < 4.78 is 10.9. The van der Waals surface area contributed by atoms with Gasteiger partial charge in [-0.05, 0) is 29.8 Å². The predicted molar refractivity (Wildman–Crippen MR) is 96.7 cm³/mol. The van der Waals surface area contributed by atoms with E-state index in [0.29, 0.717) is 36.4 Å². The molecule has 5 nitrogen and oxygen atoms in total. The smallest absolute Gasteiger partial charge is 0.261 e. The Balaban J connectivity index is 1.70. The monoisotopic (exact) mass is 349 g/mol. The van der Waals surface area contributed by atoms with E-state index in [0.717, 1.165) is 5.56 Å². The molecule has 0 radical (unpaired) electrons. The minimum absolute atomic E-state index is 0.154. The van der Waals surface area contributed by atoms with Gasteiger partial charge in [0, 0.05) is 6.54 Å². The van der Waals surface area contributed by atoms with Crippen LogP contribution in [0.1, 0.15) is 21.7 Å². The highest BCUT2D eigenvalue weighted by atomic mass is 16.5. The summed E-state index contributed by atoms with van der Waals surface area (Å²) in [5, 5.41) is 0. The highest BCUT2D eigenvalue weighted by molar-refractivity contribution is 5.80. The van der Waals surface area contributed by atoms with Gasteiger partial charge in [0.25, 0.3) is 5.91 Å². The van der Waals surface area contributed by atoms with Crippen LogP contribution in [0.2, 0.25) is 0 Å². The Bertz CT molecular complexity index is 843. The maximum Gasteiger partial charge on any atom is 0.261 e. The molecule has 0 aliphatic heterocycles. The molecule has 2 aromatic carbocycles. The molecule has 0 atom stereocenters. The lowest BCUT2D eigenvalue weighted by molar-refractivity contribution is -0.134. The van der Waals surface area contributed by atoms with Crippen molar-refractivity contribution in [3.63, 3.8) is 0 Å². The zero-order chi connectivity index (χ0) is 18.2. The Morgan fingerprint density at radius 3 is 2.46 bits per heavy atom. The Kier molecular flexibility index (Phi) is 5.83. The summed E-state index contributed by atoms with van der Waals surface area (Å²) in [6.45, 7) is 0.636. The molecule has 0 N–H and O–H groups in total. The molecule has 0 bridgehead atoms. The average Bonchev–Trinajstić information content (AvgIpc) is 3.20. The van der Waals surface area contributed by atoms with Gasteiger partial charge in [-0.1, -0.05) is 42.5 Å². The third kappa shape index (κ3) is 4.60. The number of amides is 1. The van der Waals surface area contributed by atoms with Gasteiger partial charge in [0.05, 0.1) is 18.4 Å². The highest BCUT2D eigenvalue weighted by Gasteiger charge is 2.17. The van der Waals surface area contributed by atoms with Crippen LogP contribution in [0.3, 0.4) is 0 Å². The van der Waals surface area contributed by atoms with Crippen molar-refractivity contribution in [1.82, 2.24) is 4.90 Å². The van der Waals surface area contributed by atoms with Gasteiger partial charge < -0.3 is 14.1 Å². The number of carbonyl (C=O) groups excluding carboxylic acids is 2. The molecule has 3 aromatic rings. The minimum atomic E-state index is -0.189. The van der Waals surface area contributed by atoms with Crippen molar-refractivity contribution in [1.29, 1.82) is 0 Å². The van der Waals surface area contributed by atoms with Gasteiger partial charge in [0.2, 0.25) is 0 Å². The van der Waals surface area contributed by atoms with E-state index in [1.807, 2.05) is 36.4 Å². The molecule has 0 unspecified atom stereocenters. The number of aldehydes is 1. The standard InChI is InChI=1S/C21H19NO4/c23-15-18-9-4-5-11-20(18)26-16-21(24)22(14-19-10-6-12-25-19)13-17-7-2-1-3-8-17/h1-12,15H,13-14,16H2. The quantitative estimate of drug-likeness (QED) is 0.582. The number of benzene rings is 2. The van der Waals surface area contributed by atoms with Crippen LogP contribution in [0.4, 0.5) is 0 Å². The molecule has 1 aromatic heterocycles. The van der Waals surface area contributed by atoms with Crippen molar-refractivity contribution in [3.05, 3.63) is 89.9 Å². The molecule has 0 aliphatic carbocycles. The minimum Gasteiger partial charge on any atom is -0.483 e. The molecular weight excluding hydrogens is 330 g/mol. The number of carbonyl (C=O) groups is 2. The van der Waals surface area contributed by atoms with Crippen molar-refractivity contribution in [2.75, 3.05) is 6.61 Å². The third-order valence-corrected chi connectivity index (χ3v) is 3.89. The number of hydrogen-bond donors (Lipinski definition) is 0. The molecule has 3 rings (SSSR count). The van der Waals surface area contributed by atoms with Crippen LogP contribution in [0, 0.1) is 0 Å². The van der Waals surface area contributed by atoms with Gasteiger partial charge in [-0.15, -0.1) is 0 Å². The fourth-order valence-corrected chi connectivity index (χ4v) is 2.57. The summed E-state index contributed by atoms with van der Waals surface area (Å²) in [5.74, 6) is 0.905. The zero-order valence-electron chi connectivity index (χ0n) is 14.2. The van der Waals surface area contributed by atoms with Crippen LogP contribution >= 0.6 is 0 Å². The number of nitrogens with zero attached hydrogens (tertiary/aromatic N) is 1.